The Hall–Kier alpha value is -2.90. The van der Waals surface area contributed by atoms with Crippen LogP contribution in [0.15, 0.2) is 33.9 Å². The Kier molecular flexibility index (Phi) is 5.20. The number of aromatic nitrogens is 2. The minimum Gasteiger partial charge on any atom is -0.481 e. The van der Waals surface area contributed by atoms with E-state index in [4.69, 9.17) is 5.11 Å². The van der Waals surface area contributed by atoms with Gasteiger partial charge < -0.3 is 15.0 Å². The summed E-state index contributed by atoms with van der Waals surface area (Å²) in [6.45, 7) is 0.173. The second-order valence-corrected chi connectivity index (χ2v) is 6.54. The second-order valence-electron chi connectivity index (χ2n) is 6.54. The van der Waals surface area contributed by atoms with Crippen LogP contribution in [0.5, 0.6) is 0 Å². The molecule has 8 heteroatoms. The standard InChI is InChI=1S/C18H21N3O5/c22-15(20-10-4-3-5-12(20)8-9-16(23)24)11-21-17(25)13-6-1-2-7-14(13)19-18(21)26/h1-2,6-7,12H,3-5,8-11H2,(H,19,26)(H,23,24). The number of para-hydroxylation sites is 1. The molecule has 138 valence electrons. The third-order valence-corrected chi connectivity index (χ3v) is 4.82. The molecule has 1 fully saturated rings. The molecule has 1 aromatic heterocycles. The van der Waals surface area contributed by atoms with Gasteiger partial charge in [0.25, 0.3) is 5.56 Å². The zero-order valence-electron chi connectivity index (χ0n) is 14.3. The van der Waals surface area contributed by atoms with Gasteiger partial charge in [0.1, 0.15) is 6.54 Å². The van der Waals surface area contributed by atoms with Crippen molar-refractivity contribution in [3.8, 4) is 0 Å². The van der Waals surface area contributed by atoms with Crippen LogP contribution in [0.1, 0.15) is 32.1 Å². The molecule has 3 rings (SSSR count). The molecule has 2 heterocycles. The van der Waals surface area contributed by atoms with Crippen LogP contribution in [0.3, 0.4) is 0 Å². The third-order valence-electron chi connectivity index (χ3n) is 4.82. The first-order chi connectivity index (χ1) is 12.5. The van der Waals surface area contributed by atoms with Crippen molar-refractivity contribution in [2.45, 2.75) is 44.7 Å². The zero-order valence-corrected chi connectivity index (χ0v) is 14.3. The molecule has 1 saturated heterocycles. The number of hydrogen-bond donors (Lipinski definition) is 2. The number of H-pyrrole nitrogens is 1. The molecular weight excluding hydrogens is 338 g/mol. The molecule has 8 nitrogen and oxygen atoms in total. The van der Waals surface area contributed by atoms with Gasteiger partial charge in [0, 0.05) is 19.0 Å². The van der Waals surface area contributed by atoms with E-state index in [-0.39, 0.29) is 24.9 Å². The number of piperidine rings is 1. The number of nitrogens with zero attached hydrogens (tertiary/aromatic N) is 2. The summed E-state index contributed by atoms with van der Waals surface area (Å²) < 4.78 is 0.910. The molecule has 1 unspecified atom stereocenters. The van der Waals surface area contributed by atoms with Gasteiger partial charge in [0.05, 0.1) is 10.9 Å². The lowest BCUT2D eigenvalue weighted by atomic mass is 9.98. The number of amides is 1. The van der Waals surface area contributed by atoms with Gasteiger partial charge >= 0.3 is 11.7 Å². The van der Waals surface area contributed by atoms with Crippen molar-refractivity contribution < 1.29 is 14.7 Å². The average molecular weight is 359 g/mol. The zero-order chi connectivity index (χ0) is 18.7. The number of aromatic amines is 1. The smallest absolute Gasteiger partial charge is 0.329 e. The van der Waals surface area contributed by atoms with E-state index in [1.54, 1.807) is 29.2 Å². The quantitative estimate of drug-likeness (QED) is 0.825. The maximum Gasteiger partial charge on any atom is 0.329 e. The topological polar surface area (TPSA) is 112 Å². The first-order valence-electron chi connectivity index (χ1n) is 8.70. The summed E-state index contributed by atoms with van der Waals surface area (Å²) in [6, 6.07) is 6.49. The fourth-order valence-corrected chi connectivity index (χ4v) is 3.49. The third kappa shape index (κ3) is 3.68. The van der Waals surface area contributed by atoms with Crippen LogP contribution in [-0.2, 0) is 16.1 Å². The molecule has 26 heavy (non-hydrogen) atoms. The van der Waals surface area contributed by atoms with Crippen LogP contribution < -0.4 is 11.2 Å². The van der Waals surface area contributed by atoms with Gasteiger partial charge in [0.2, 0.25) is 5.91 Å². The van der Waals surface area contributed by atoms with E-state index in [0.29, 0.717) is 23.9 Å². The van der Waals surface area contributed by atoms with E-state index in [0.717, 1.165) is 23.8 Å². The number of carbonyl (C=O) groups excluding carboxylic acids is 1. The van der Waals surface area contributed by atoms with Crippen LogP contribution in [0.25, 0.3) is 10.9 Å². The number of hydrogen-bond acceptors (Lipinski definition) is 4. The number of likely N-dealkylation sites (tertiary alicyclic amines) is 1. The van der Waals surface area contributed by atoms with Crippen molar-refractivity contribution in [1.82, 2.24) is 14.5 Å². The normalized spacial score (nSPS) is 17.4. The molecule has 1 aromatic carbocycles. The number of fused-ring (bicyclic) bond motifs is 1. The number of rotatable bonds is 5. The van der Waals surface area contributed by atoms with E-state index in [9.17, 15) is 19.2 Å². The Balaban J connectivity index is 1.84. The summed E-state index contributed by atoms with van der Waals surface area (Å²) in [6.07, 6.45) is 2.87. The Morgan fingerprint density at radius 1 is 1.19 bits per heavy atom. The number of carboxylic acids is 1. The second kappa shape index (κ2) is 7.55. The molecule has 2 N–H and O–H groups in total. The average Bonchev–Trinajstić information content (AvgIpc) is 2.63. The predicted molar refractivity (Wildman–Crippen MR) is 95.1 cm³/mol. The first-order valence-corrected chi connectivity index (χ1v) is 8.70. The molecule has 0 radical (unpaired) electrons. The van der Waals surface area contributed by atoms with Gasteiger partial charge in [-0.2, -0.15) is 0 Å². The maximum atomic E-state index is 12.7. The summed E-state index contributed by atoms with van der Waals surface area (Å²) in [4.78, 5) is 52.6. The van der Waals surface area contributed by atoms with Gasteiger partial charge in [0.15, 0.2) is 0 Å². The summed E-state index contributed by atoms with van der Waals surface area (Å²) in [5.74, 6) is -1.23. The Morgan fingerprint density at radius 3 is 2.73 bits per heavy atom. The molecule has 0 spiro atoms. The maximum absolute atomic E-state index is 12.7. The molecule has 0 aliphatic carbocycles. The van der Waals surface area contributed by atoms with Crippen LogP contribution in [-0.4, -0.2) is 44.0 Å². The minimum absolute atomic E-state index is 0.00898. The highest BCUT2D eigenvalue weighted by molar-refractivity contribution is 5.79. The lowest BCUT2D eigenvalue weighted by Gasteiger charge is -2.35. The van der Waals surface area contributed by atoms with Crippen LogP contribution >= 0.6 is 0 Å². The number of benzene rings is 1. The van der Waals surface area contributed by atoms with Crippen molar-refractivity contribution in [3.63, 3.8) is 0 Å². The van der Waals surface area contributed by atoms with Crippen molar-refractivity contribution in [2.24, 2.45) is 0 Å². The lowest BCUT2D eigenvalue weighted by Crippen LogP contribution is -2.48. The fourth-order valence-electron chi connectivity index (χ4n) is 3.49. The first kappa shape index (κ1) is 17.9. The van der Waals surface area contributed by atoms with E-state index < -0.39 is 17.2 Å². The van der Waals surface area contributed by atoms with Gasteiger partial charge in [-0.1, -0.05) is 12.1 Å². The van der Waals surface area contributed by atoms with E-state index in [2.05, 4.69) is 4.98 Å². The minimum atomic E-state index is -0.898. The predicted octanol–water partition coefficient (Wildman–Crippen LogP) is 0.936. The van der Waals surface area contributed by atoms with Crippen LogP contribution in [0.4, 0.5) is 0 Å². The number of nitrogens with one attached hydrogen (secondary N) is 1. The largest absolute Gasteiger partial charge is 0.481 e. The van der Waals surface area contributed by atoms with E-state index in [1.165, 1.54) is 0 Å². The van der Waals surface area contributed by atoms with Crippen LogP contribution in [0.2, 0.25) is 0 Å². The van der Waals surface area contributed by atoms with Crippen molar-refractivity contribution in [3.05, 3.63) is 45.1 Å². The summed E-state index contributed by atoms with van der Waals surface area (Å²) in [5, 5.41) is 9.23. The molecular formula is C18H21N3O5. The summed E-state index contributed by atoms with van der Waals surface area (Å²) in [7, 11) is 0. The highest BCUT2D eigenvalue weighted by Gasteiger charge is 2.27. The molecule has 2 aromatic rings. The van der Waals surface area contributed by atoms with Gasteiger partial charge in [-0.05, 0) is 37.8 Å². The van der Waals surface area contributed by atoms with Crippen molar-refractivity contribution >= 4 is 22.8 Å². The highest BCUT2D eigenvalue weighted by Crippen LogP contribution is 2.21. The van der Waals surface area contributed by atoms with E-state index in [1.807, 2.05) is 0 Å². The van der Waals surface area contributed by atoms with Crippen LogP contribution in [0, 0.1) is 0 Å². The fraction of sp³-hybridized carbons (Fsp3) is 0.444. The molecule has 1 amide bonds. The van der Waals surface area contributed by atoms with Gasteiger partial charge in [-0.25, -0.2) is 4.79 Å². The number of aliphatic carboxylic acids is 1. The lowest BCUT2D eigenvalue weighted by molar-refractivity contribution is -0.140. The molecule has 1 aliphatic heterocycles. The molecule has 1 aliphatic rings. The number of carbonyl (C=O) groups is 2. The number of carboxylic acid groups (broad SMARTS) is 1. The Morgan fingerprint density at radius 2 is 1.96 bits per heavy atom. The van der Waals surface area contributed by atoms with Gasteiger partial charge in [-0.15, -0.1) is 0 Å². The van der Waals surface area contributed by atoms with Crippen molar-refractivity contribution in [1.29, 1.82) is 0 Å². The van der Waals surface area contributed by atoms with Crippen molar-refractivity contribution in [2.75, 3.05) is 6.54 Å². The van der Waals surface area contributed by atoms with E-state index >= 15 is 0 Å². The molecule has 1 atom stereocenters. The summed E-state index contributed by atoms with van der Waals surface area (Å²) in [5.41, 5.74) is -0.693. The van der Waals surface area contributed by atoms with Gasteiger partial charge in [-0.3, -0.25) is 19.0 Å². The SMILES string of the molecule is O=C(O)CCC1CCCCN1C(=O)Cn1c(=O)[nH]c2ccccc2c1=O. The Bertz CT molecular complexity index is 946. The summed E-state index contributed by atoms with van der Waals surface area (Å²) >= 11 is 0. The molecule has 0 bridgehead atoms. The molecule has 0 saturated carbocycles. The monoisotopic (exact) mass is 359 g/mol. The highest BCUT2D eigenvalue weighted by atomic mass is 16.4. The Labute approximate surface area is 149 Å².